The van der Waals surface area contributed by atoms with Gasteiger partial charge >= 0.3 is 0 Å². The van der Waals surface area contributed by atoms with E-state index in [1.807, 2.05) is 67.6 Å². The quantitative estimate of drug-likeness (QED) is 0.502. The molecule has 1 heterocycles. The van der Waals surface area contributed by atoms with Crippen LogP contribution < -0.4 is 16.0 Å². The molecule has 0 aliphatic rings. The Balaban J connectivity index is 1.88. The van der Waals surface area contributed by atoms with E-state index in [1.165, 1.54) is 6.92 Å². The Morgan fingerprint density at radius 1 is 1.04 bits per heavy atom. The highest BCUT2D eigenvalue weighted by molar-refractivity contribution is 5.88. The van der Waals surface area contributed by atoms with E-state index in [0.717, 1.165) is 22.6 Å². The van der Waals surface area contributed by atoms with E-state index in [1.54, 1.807) is 0 Å². The molecule has 7 heteroatoms. The van der Waals surface area contributed by atoms with Crippen molar-refractivity contribution in [1.82, 2.24) is 9.97 Å². The van der Waals surface area contributed by atoms with Gasteiger partial charge in [0.2, 0.25) is 11.9 Å². The van der Waals surface area contributed by atoms with Crippen molar-refractivity contribution in [1.29, 1.82) is 0 Å². The predicted molar refractivity (Wildman–Crippen MR) is 112 cm³/mol. The second-order valence-electron chi connectivity index (χ2n) is 6.44. The van der Waals surface area contributed by atoms with Gasteiger partial charge in [-0.15, -0.1) is 0 Å². The van der Waals surface area contributed by atoms with E-state index in [4.69, 9.17) is 0 Å². The van der Waals surface area contributed by atoms with Crippen LogP contribution in [0.2, 0.25) is 0 Å². The Kier molecular flexibility index (Phi) is 6.18. The Morgan fingerprint density at radius 2 is 1.71 bits per heavy atom. The molecule has 0 unspecified atom stereocenters. The molecule has 0 radical (unpaired) electrons. The normalized spacial score (nSPS) is 11.5. The van der Waals surface area contributed by atoms with Crippen LogP contribution in [0.3, 0.4) is 0 Å². The van der Waals surface area contributed by atoms with Crippen molar-refractivity contribution in [3.05, 3.63) is 60.7 Å². The summed E-state index contributed by atoms with van der Waals surface area (Å²) in [6.07, 6.45) is 0. The standard InChI is InChI=1S/C21H23N5O2/c1-14(13-27)22-21-25-19(16-6-4-3-5-7-16)12-20(26-21)24-18-10-8-17(9-11-18)23-15(2)28/h3-12,14,27H,13H2,1-2H3,(H,23,28)(H2,22,24,25,26)/t14-/m1/s1. The predicted octanol–water partition coefficient (Wildman–Crippen LogP) is 3.64. The number of carbonyl (C=O) groups excluding carboxylic acids is 1. The van der Waals surface area contributed by atoms with Crippen molar-refractivity contribution in [3.8, 4) is 11.3 Å². The minimum Gasteiger partial charge on any atom is -0.394 e. The minimum absolute atomic E-state index is 0.0215. The van der Waals surface area contributed by atoms with Crippen molar-refractivity contribution in [2.45, 2.75) is 19.9 Å². The number of nitrogens with zero attached hydrogens (tertiary/aromatic N) is 2. The van der Waals surface area contributed by atoms with Gasteiger partial charge in [-0.3, -0.25) is 4.79 Å². The minimum atomic E-state index is -0.171. The topological polar surface area (TPSA) is 99.2 Å². The second kappa shape index (κ2) is 8.96. The van der Waals surface area contributed by atoms with Gasteiger partial charge in [0.15, 0.2) is 0 Å². The SMILES string of the molecule is CC(=O)Nc1ccc(Nc2cc(-c3ccccc3)nc(N[C@H](C)CO)n2)cc1. The zero-order chi connectivity index (χ0) is 19.9. The van der Waals surface area contributed by atoms with E-state index < -0.39 is 0 Å². The number of nitrogens with one attached hydrogen (secondary N) is 3. The van der Waals surface area contributed by atoms with Gasteiger partial charge in [-0.25, -0.2) is 4.98 Å². The molecule has 3 aromatic rings. The smallest absolute Gasteiger partial charge is 0.225 e. The first-order chi connectivity index (χ1) is 13.5. The summed E-state index contributed by atoms with van der Waals surface area (Å²) in [6.45, 7) is 3.30. The maximum Gasteiger partial charge on any atom is 0.225 e. The summed E-state index contributed by atoms with van der Waals surface area (Å²) in [7, 11) is 0. The summed E-state index contributed by atoms with van der Waals surface area (Å²) in [6, 6.07) is 18.9. The lowest BCUT2D eigenvalue weighted by molar-refractivity contribution is -0.114. The number of hydrogen-bond acceptors (Lipinski definition) is 6. The van der Waals surface area contributed by atoms with Crippen LogP contribution in [-0.4, -0.2) is 33.6 Å². The van der Waals surface area contributed by atoms with Gasteiger partial charge in [-0.2, -0.15) is 4.98 Å². The van der Waals surface area contributed by atoms with Crippen molar-refractivity contribution < 1.29 is 9.90 Å². The largest absolute Gasteiger partial charge is 0.394 e. The first kappa shape index (κ1) is 19.3. The van der Waals surface area contributed by atoms with Gasteiger partial charge in [-0.05, 0) is 31.2 Å². The van der Waals surface area contributed by atoms with Gasteiger partial charge in [0.1, 0.15) is 5.82 Å². The molecule has 0 aliphatic heterocycles. The molecule has 0 bridgehead atoms. The lowest BCUT2D eigenvalue weighted by Gasteiger charge is -2.14. The average Bonchev–Trinajstić information content (AvgIpc) is 2.69. The van der Waals surface area contributed by atoms with Crippen molar-refractivity contribution in [2.24, 2.45) is 0 Å². The molecule has 1 atom stereocenters. The van der Waals surface area contributed by atoms with Gasteiger partial charge < -0.3 is 21.1 Å². The van der Waals surface area contributed by atoms with Gasteiger partial charge in [0.25, 0.3) is 0 Å². The fourth-order valence-corrected chi connectivity index (χ4v) is 2.59. The molecular weight excluding hydrogens is 354 g/mol. The molecular formula is C21H23N5O2. The number of aliphatic hydroxyl groups excluding tert-OH is 1. The Hall–Kier alpha value is -3.45. The zero-order valence-electron chi connectivity index (χ0n) is 15.8. The Morgan fingerprint density at radius 3 is 2.36 bits per heavy atom. The molecule has 4 N–H and O–H groups in total. The summed E-state index contributed by atoms with van der Waals surface area (Å²) in [5.41, 5.74) is 3.28. The number of hydrogen-bond donors (Lipinski definition) is 4. The lowest BCUT2D eigenvalue weighted by Crippen LogP contribution is -2.21. The summed E-state index contributed by atoms with van der Waals surface area (Å²) in [5, 5.41) is 18.4. The van der Waals surface area contributed by atoms with Gasteiger partial charge in [-0.1, -0.05) is 30.3 Å². The van der Waals surface area contributed by atoms with Crippen LogP contribution in [0.4, 0.5) is 23.1 Å². The Labute approximate surface area is 163 Å². The molecule has 0 saturated carbocycles. The molecule has 2 aromatic carbocycles. The van der Waals surface area contributed by atoms with E-state index in [2.05, 4.69) is 25.9 Å². The Bertz CT molecular complexity index is 929. The summed E-state index contributed by atoms with van der Waals surface area (Å²) in [5.74, 6) is 0.937. The number of aromatic nitrogens is 2. The average molecular weight is 377 g/mol. The van der Waals surface area contributed by atoms with Crippen molar-refractivity contribution in [2.75, 3.05) is 22.6 Å². The molecule has 144 valence electrons. The molecule has 1 amide bonds. The third-order valence-electron chi connectivity index (χ3n) is 3.92. The summed E-state index contributed by atoms with van der Waals surface area (Å²) < 4.78 is 0. The number of carbonyl (C=O) groups is 1. The molecule has 7 nitrogen and oxygen atoms in total. The number of aliphatic hydroxyl groups is 1. The summed E-state index contributed by atoms with van der Waals surface area (Å²) in [4.78, 5) is 20.2. The van der Waals surface area contributed by atoms with Crippen LogP contribution in [0.5, 0.6) is 0 Å². The number of rotatable bonds is 7. The van der Waals surface area contributed by atoms with Crippen LogP contribution in [0, 0.1) is 0 Å². The molecule has 0 saturated heterocycles. The monoisotopic (exact) mass is 377 g/mol. The van der Waals surface area contributed by atoms with Crippen LogP contribution in [0.1, 0.15) is 13.8 Å². The first-order valence-corrected chi connectivity index (χ1v) is 9.00. The highest BCUT2D eigenvalue weighted by Gasteiger charge is 2.09. The highest BCUT2D eigenvalue weighted by atomic mass is 16.3. The fourth-order valence-electron chi connectivity index (χ4n) is 2.59. The van der Waals surface area contributed by atoms with Crippen LogP contribution >= 0.6 is 0 Å². The third-order valence-corrected chi connectivity index (χ3v) is 3.92. The van der Waals surface area contributed by atoms with E-state index in [0.29, 0.717) is 11.8 Å². The number of amides is 1. The molecule has 0 spiro atoms. The lowest BCUT2D eigenvalue weighted by atomic mass is 10.1. The fraction of sp³-hybridized carbons (Fsp3) is 0.190. The van der Waals surface area contributed by atoms with E-state index in [9.17, 15) is 9.90 Å². The molecule has 28 heavy (non-hydrogen) atoms. The highest BCUT2D eigenvalue weighted by Crippen LogP contribution is 2.24. The van der Waals surface area contributed by atoms with Crippen LogP contribution in [-0.2, 0) is 4.79 Å². The third kappa shape index (κ3) is 5.28. The van der Waals surface area contributed by atoms with Crippen molar-refractivity contribution >= 4 is 29.0 Å². The maximum atomic E-state index is 11.1. The molecule has 0 fully saturated rings. The van der Waals surface area contributed by atoms with Crippen molar-refractivity contribution in [3.63, 3.8) is 0 Å². The van der Waals surface area contributed by atoms with Crippen LogP contribution in [0.15, 0.2) is 60.7 Å². The molecule has 3 rings (SSSR count). The van der Waals surface area contributed by atoms with Crippen LogP contribution in [0.25, 0.3) is 11.3 Å². The van der Waals surface area contributed by atoms with Gasteiger partial charge in [0.05, 0.1) is 12.3 Å². The number of anilines is 4. The molecule has 0 aliphatic carbocycles. The molecule has 1 aromatic heterocycles. The van der Waals surface area contributed by atoms with Gasteiger partial charge in [0, 0.05) is 36.0 Å². The summed E-state index contributed by atoms with van der Waals surface area (Å²) >= 11 is 0. The van der Waals surface area contributed by atoms with E-state index >= 15 is 0 Å². The first-order valence-electron chi connectivity index (χ1n) is 9.00. The van der Waals surface area contributed by atoms with E-state index in [-0.39, 0.29) is 18.6 Å². The number of benzene rings is 2. The zero-order valence-corrected chi connectivity index (χ0v) is 15.8. The maximum absolute atomic E-state index is 11.1. The second-order valence-corrected chi connectivity index (χ2v) is 6.44.